The molecule has 3 heteroatoms. The molecule has 10 heavy (non-hydrogen) atoms. The van der Waals surface area contributed by atoms with Crippen molar-refractivity contribution >= 4 is 18.6 Å². The molecule has 0 saturated carbocycles. The van der Waals surface area contributed by atoms with E-state index in [0.29, 0.717) is 5.25 Å². The second kappa shape index (κ2) is 4.61. The Morgan fingerprint density at radius 3 is 2.30 bits per heavy atom. The fourth-order valence-corrected chi connectivity index (χ4v) is 0.764. The van der Waals surface area contributed by atoms with Gasteiger partial charge < -0.3 is 5.11 Å². The predicted octanol–water partition coefficient (Wildman–Crippen LogP) is 1.81. The van der Waals surface area contributed by atoms with Crippen molar-refractivity contribution in [1.29, 1.82) is 0 Å². The van der Waals surface area contributed by atoms with Crippen molar-refractivity contribution in [2.24, 2.45) is 5.92 Å². The highest BCUT2D eigenvalue weighted by Crippen LogP contribution is 2.10. The molecule has 2 atom stereocenters. The van der Waals surface area contributed by atoms with E-state index in [2.05, 4.69) is 12.6 Å². The second-order valence-corrected chi connectivity index (χ2v) is 3.55. The standard InChI is InChI=1S/C7H14O2S/c1-5(7(8)9)3-4-6(2)10/h5-6,10H,3-4H2,1-2H3,(H,8,9). The Morgan fingerprint density at radius 2 is 2.00 bits per heavy atom. The molecule has 0 saturated heterocycles. The van der Waals surface area contributed by atoms with Gasteiger partial charge in [-0.25, -0.2) is 0 Å². The molecule has 0 spiro atoms. The van der Waals surface area contributed by atoms with Crippen LogP contribution in [0.15, 0.2) is 0 Å². The highest BCUT2D eigenvalue weighted by Gasteiger charge is 2.10. The highest BCUT2D eigenvalue weighted by molar-refractivity contribution is 7.80. The first kappa shape index (κ1) is 9.82. The fraction of sp³-hybridized carbons (Fsp3) is 0.857. The van der Waals surface area contributed by atoms with Gasteiger partial charge in [0.2, 0.25) is 0 Å². The van der Waals surface area contributed by atoms with Gasteiger partial charge in [-0.05, 0) is 18.1 Å². The molecule has 1 N–H and O–H groups in total. The Morgan fingerprint density at radius 1 is 1.50 bits per heavy atom. The van der Waals surface area contributed by atoms with Gasteiger partial charge in [0, 0.05) is 0 Å². The Bertz CT molecular complexity index is 112. The summed E-state index contributed by atoms with van der Waals surface area (Å²) in [4.78, 5) is 10.3. The molecule has 0 aromatic rings. The number of carboxylic acids is 1. The van der Waals surface area contributed by atoms with Gasteiger partial charge in [-0.1, -0.05) is 13.8 Å². The van der Waals surface area contributed by atoms with Crippen molar-refractivity contribution in [1.82, 2.24) is 0 Å². The van der Waals surface area contributed by atoms with Gasteiger partial charge in [-0.3, -0.25) is 4.79 Å². The topological polar surface area (TPSA) is 37.3 Å². The number of carboxylic acid groups (broad SMARTS) is 1. The normalized spacial score (nSPS) is 16.3. The van der Waals surface area contributed by atoms with Crippen LogP contribution in [0.5, 0.6) is 0 Å². The van der Waals surface area contributed by atoms with Gasteiger partial charge in [0.25, 0.3) is 0 Å². The Hall–Kier alpha value is -0.180. The van der Waals surface area contributed by atoms with Crippen LogP contribution in [0.3, 0.4) is 0 Å². The zero-order valence-electron chi connectivity index (χ0n) is 6.37. The van der Waals surface area contributed by atoms with E-state index >= 15 is 0 Å². The van der Waals surface area contributed by atoms with E-state index in [1.165, 1.54) is 0 Å². The van der Waals surface area contributed by atoms with Crippen LogP contribution in [0.4, 0.5) is 0 Å². The maximum absolute atomic E-state index is 10.3. The molecule has 0 rings (SSSR count). The molecule has 0 bridgehead atoms. The lowest BCUT2D eigenvalue weighted by molar-refractivity contribution is -0.141. The van der Waals surface area contributed by atoms with Crippen LogP contribution < -0.4 is 0 Å². The lowest BCUT2D eigenvalue weighted by atomic mass is 10.1. The van der Waals surface area contributed by atoms with E-state index in [-0.39, 0.29) is 5.92 Å². The van der Waals surface area contributed by atoms with Crippen LogP contribution in [0.2, 0.25) is 0 Å². The second-order valence-electron chi connectivity index (χ2n) is 2.67. The van der Waals surface area contributed by atoms with Gasteiger partial charge in [0.05, 0.1) is 5.92 Å². The summed E-state index contributed by atoms with van der Waals surface area (Å²) in [6, 6.07) is 0. The lowest BCUT2D eigenvalue weighted by Gasteiger charge is -2.06. The molecule has 0 aromatic heterocycles. The maximum Gasteiger partial charge on any atom is 0.306 e. The molecule has 0 radical (unpaired) electrons. The smallest absolute Gasteiger partial charge is 0.306 e. The number of aliphatic carboxylic acids is 1. The molecule has 0 fully saturated rings. The van der Waals surface area contributed by atoms with Gasteiger partial charge >= 0.3 is 5.97 Å². The van der Waals surface area contributed by atoms with Crippen LogP contribution in [0.1, 0.15) is 26.7 Å². The number of rotatable bonds is 4. The van der Waals surface area contributed by atoms with Crippen molar-refractivity contribution < 1.29 is 9.90 Å². The Balaban J connectivity index is 3.40. The van der Waals surface area contributed by atoms with E-state index < -0.39 is 5.97 Å². The zero-order valence-corrected chi connectivity index (χ0v) is 7.27. The van der Waals surface area contributed by atoms with Crippen molar-refractivity contribution in [3.05, 3.63) is 0 Å². The van der Waals surface area contributed by atoms with E-state index in [9.17, 15) is 4.79 Å². The van der Waals surface area contributed by atoms with Crippen molar-refractivity contribution in [2.45, 2.75) is 31.9 Å². The van der Waals surface area contributed by atoms with E-state index in [4.69, 9.17) is 5.11 Å². The van der Waals surface area contributed by atoms with Crippen LogP contribution >= 0.6 is 12.6 Å². The van der Waals surface area contributed by atoms with Crippen LogP contribution in [-0.4, -0.2) is 16.3 Å². The molecule has 0 aliphatic carbocycles. The van der Waals surface area contributed by atoms with Crippen LogP contribution in [0, 0.1) is 5.92 Å². The third kappa shape index (κ3) is 4.68. The minimum atomic E-state index is -0.714. The minimum absolute atomic E-state index is 0.227. The van der Waals surface area contributed by atoms with Gasteiger partial charge in [-0.15, -0.1) is 0 Å². The summed E-state index contributed by atoms with van der Waals surface area (Å²) < 4.78 is 0. The summed E-state index contributed by atoms with van der Waals surface area (Å²) >= 11 is 4.15. The third-order valence-corrected chi connectivity index (χ3v) is 1.70. The molecule has 0 aliphatic rings. The minimum Gasteiger partial charge on any atom is -0.481 e. The van der Waals surface area contributed by atoms with E-state index in [1.54, 1.807) is 6.92 Å². The van der Waals surface area contributed by atoms with Crippen molar-refractivity contribution in [2.75, 3.05) is 0 Å². The Kier molecular flexibility index (Phi) is 4.52. The molecule has 60 valence electrons. The fourth-order valence-electron chi connectivity index (χ4n) is 0.615. The lowest BCUT2D eigenvalue weighted by Crippen LogP contribution is -2.10. The van der Waals surface area contributed by atoms with Crippen LogP contribution in [-0.2, 0) is 4.79 Å². The Labute approximate surface area is 67.0 Å². The van der Waals surface area contributed by atoms with Crippen molar-refractivity contribution in [3.8, 4) is 0 Å². The predicted molar refractivity (Wildman–Crippen MR) is 44.5 cm³/mol. The summed E-state index contributed by atoms with van der Waals surface area (Å²) in [7, 11) is 0. The molecular weight excluding hydrogens is 148 g/mol. The summed E-state index contributed by atoms with van der Waals surface area (Å²) in [6.07, 6.45) is 1.59. The number of thiol groups is 1. The third-order valence-electron chi connectivity index (χ3n) is 1.44. The molecule has 0 amide bonds. The highest BCUT2D eigenvalue weighted by atomic mass is 32.1. The molecule has 0 aliphatic heterocycles. The summed E-state index contributed by atoms with van der Waals surface area (Å²) in [5.74, 6) is -0.941. The van der Waals surface area contributed by atoms with Gasteiger partial charge in [0.1, 0.15) is 0 Å². The van der Waals surface area contributed by atoms with E-state index in [1.807, 2.05) is 6.92 Å². The number of hydrogen-bond acceptors (Lipinski definition) is 2. The monoisotopic (exact) mass is 162 g/mol. The SMILES string of the molecule is CC(S)CCC(C)C(=O)O. The molecule has 0 aromatic carbocycles. The molecule has 2 unspecified atom stereocenters. The first-order valence-corrected chi connectivity index (χ1v) is 3.96. The van der Waals surface area contributed by atoms with Crippen LogP contribution in [0.25, 0.3) is 0 Å². The number of carbonyl (C=O) groups is 1. The summed E-state index contributed by atoms with van der Waals surface area (Å²) in [5, 5.41) is 8.78. The maximum atomic E-state index is 10.3. The first-order valence-electron chi connectivity index (χ1n) is 3.45. The molecule has 0 heterocycles. The largest absolute Gasteiger partial charge is 0.481 e. The zero-order chi connectivity index (χ0) is 8.15. The van der Waals surface area contributed by atoms with Gasteiger partial charge in [0.15, 0.2) is 0 Å². The van der Waals surface area contributed by atoms with Crippen molar-refractivity contribution in [3.63, 3.8) is 0 Å². The molecule has 2 nitrogen and oxygen atoms in total. The van der Waals surface area contributed by atoms with E-state index in [0.717, 1.165) is 12.8 Å². The van der Waals surface area contributed by atoms with Gasteiger partial charge in [-0.2, -0.15) is 12.6 Å². The average Bonchev–Trinajstić information content (AvgIpc) is 1.82. The molecular formula is C7H14O2S. The summed E-state index contributed by atoms with van der Waals surface area (Å²) in [6.45, 7) is 3.69. The average molecular weight is 162 g/mol. The summed E-state index contributed by atoms with van der Waals surface area (Å²) in [5.41, 5.74) is 0. The number of hydrogen-bond donors (Lipinski definition) is 2. The quantitative estimate of drug-likeness (QED) is 0.618. The first-order chi connectivity index (χ1) is 4.54.